The first-order chi connectivity index (χ1) is 11.5. The fraction of sp³-hybridized carbons (Fsp3) is 0.105. The van der Waals surface area contributed by atoms with Crippen molar-refractivity contribution in [3.05, 3.63) is 71.8 Å². The zero-order valence-electron chi connectivity index (χ0n) is 13.6. The number of hydrogen-bond acceptors (Lipinski definition) is 3. The Morgan fingerprint density at radius 1 is 0.958 bits per heavy atom. The number of rotatable bonds is 4. The van der Waals surface area contributed by atoms with Gasteiger partial charge in [0.1, 0.15) is 0 Å². The average molecular weight is 321 g/mol. The lowest BCUT2D eigenvalue weighted by atomic mass is 10.2. The van der Waals surface area contributed by atoms with Crippen LogP contribution in [0.2, 0.25) is 0 Å². The predicted molar refractivity (Wildman–Crippen MR) is 96.5 cm³/mol. The molecule has 0 radical (unpaired) electrons. The van der Waals surface area contributed by atoms with Crippen LogP contribution in [0.5, 0.6) is 0 Å². The molecule has 0 spiro atoms. The molecule has 0 saturated heterocycles. The molecule has 122 valence electrons. The molecule has 0 unspecified atom stereocenters. The molecule has 24 heavy (non-hydrogen) atoms. The van der Waals surface area contributed by atoms with Crippen molar-refractivity contribution in [2.45, 2.75) is 13.8 Å². The van der Waals surface area contributed by atoms with E-state index in [2.05, 4.69) is 15.8 Å². The molecule has 5 heteroatoms. The summed E-state index contributed by atoms with van der Waals surface area (Å²) in [6, 6.07) is 16.9. The monoisotopic (exact) mass is 321 g/mol. The fourth-order valence-electron chi connectivity index (χ4n) is 1.83. The molecular weight excluding hydrogens is 302 g/mol. The summed E-state index contributed by atoms with van der Waals surface area (Å²) in [6.07, 6.45) is 3.63. The maximum absolute atomic E-state index is 11.8. The van der Waals surface area contributed by atoms with E-state index in [0.29, 0.717) is 11.4 Å². The Labute approximate surface area is 141 Å². The molecule has 0 fully saturated rings. The van der Waals surface area contributed by atoms with E-state index >= 15 is 0 Å². The topological polar surface area (TPSA) is 70.6 Å². The van der Waals surface area contributed by atoms with Crippen LogP contribution in [-0.2, 0) is 9.59 Å². The van der Waals surface area contributed by atoms with Gasteiger partial charge in [-0.1, -0.05) is 54.1 Å². The lowest BCUT2D eigenvalue weighted by Gasteiger charge is -2.04. The van der Waals surface area contributed by atoms with E-state index in [-0.39, 0.29) is 0 Å². The van der Waals surface area contributed by atoms with Crippen molar-refractivity contribution < 1.29 is 9.59 Å². The summed E-state index contributed by atoms with van der Waals surface area (Å²) in [5.41, 5.74) is 5.47. The number of nitrogens with one attached hydrogen (secondary N) is 2. The van der Waals surface area contributed by atoms with Crippen molar-refractivity contribution in [3.63, 3.8) is 0 Å². The Balaban J connectivity index is 1.87. The van der Waals surface area contributed by atoms with Crippen molar-refractivity contribution in [1.82, 2.24) is 5.43 Å². The van der Waals surface area contributed by atoms with Crippen molar-refractivity contribution in [2.24, 2.45) is 5.10 Å². The van der Waals surface area contributed by atoms with Gasteiger partial charge >= 0.3 is 11.8 Å². The van der Waals surface area contributed by atoms with Crippen molar-refractivity contribution in [2.75, 3.05) is 5.32 Å². The number of allylic oxidation sites excluding steroid dienone is 1. The van der Waals surface area contributed by atoms with Gasteiger partial charge in [-0.3, -0.25) is 9.59 Å². The van der Waals surface area contributed by atoms with Crippen LogP contribution in [0.1, 0.15) is 18.1 Å². The summed E-state index contributed by atoms with van der Waals surface area (Å²) in [6.45, 7) is 3.68. The maximum atomic E-state index is 11.8. The lowest BCUT2D eigenvalue weighted by molar-refractivity contribution is -0.136. The molecule has 2 aromatic carbocycles. The van der Waals surface area contributed by atoms with Crippen LogP contribution < -0.4 is 10.7 Å². The van der Waals surface area contributed by atoms with E-state index in [1.54, 1.807) is 25.1 Å². The molecule has 0 saturated carbocycles. The first-order valence-corrected chi connectivity index (χ1v) is 7.50. The van der Waals surface area contributed by atoms with Crippen LogP contribution in [-0.4, -0.2) is 17.5 Å². The number of aryl methyl sites for hydroxylation is 1. The predicted octanol–water partition coefficient (Wildman–Crippen LogP) is 3.14. The molecule has 0 aliphatic heterocycles. The largest absolute Gasteiger partial charge is 0.329 e. The summed E-state index contributed by atoms with van der Waals surface area (Å²) < 4.78 is 0. The van der Waals surface area contributed by atoms with Crippen LogP contribution in [0.15, 0.2) is 65.8 Å². The van der Waals surface area contributed by atoms with E-state index in [1.807, 2.05) is 55.5 Å². The third-order valence-electron chi connectivity index (χ3n) is 3.17. The Bertz CT molecular complexity index is 763. The van der Waals surface area contributed by atoms with Gasteiger partial charge in [-0.2, -0.15) is 5.10 Å². The summed E-state index contributed by atoms with van der Waals surface area (Å²) in [4.78, 5) is 23.5. The van der Waals surface area contributed by atoms with E-state index in [9.17, 15) is 9.59 Å². The zero-order chi connectivity index (χ0) is 17.4. The second-order valence-electron chi connectivity index (χ2n) is 5.26. The van der Waals surface area contributed by atoms with Gasteiger partial charge in [0.25, 0.3) is 0 Å². The highest BCUT2D eigenvalue weighted by molar-refractivity contribution is 6.39. The molecule has 5 nitrogen and oxygen atoms in total. The first kappa shape index (κ1) is 17.1. The quantitative estimate of drug-likeness (QED) is 0.516. The Kier molecular flexibility index (Phi) is 6.02. The Hall–Kier alpha value is -3.21. The highest BCUT2D eigenvalue weighted by atomic mass is 16.2. The number of amides is 2. The molecule has 0 heterocycles. The maximum Gasteiger partial charge on any atom is 0.329 e. The van der Waals surface area contributed by atoms with Crippen LogP contribution >= 0.6 is 0 Å². The lowest BCUT2D eigenvalue weighted by Crippen LogP contribution is -2.32. The van der Waals surface area contributed by atoms with E-state index in [1.165, 1.54) is 0 Å². The third kappa shape index (κ3) is 5.53. The van der Waals surface area contributed by atoms with Gasteiger partial charge in [-0.05, 0) is 37.6 Å². The van der Waals surface area contributed by atoms with Gasteiger partial charge < -0.3 is 5.32 Å². The fourth-order valence-corrected chi connectivity index (χ4v) is 1.83. The van der Waals surface area contributed by atoms with Crippen molar-refractivity contribution >= 4 is 29.3 Å². The Morgan fingerprint density at radius 2 is 1.62 bits per heavy atom. The number of anilines is 1. The summed E-state index contributed by atoms with van der Waals surface area (Å²) in [5.74, 6) is -1.58. The minimum Gasteiger partial charge on any atom is -0.318 e. The van der Waals surface area contributed by atoms with E-state index in [0.717, 1.165) is 11.1 Å². The van der Waals surface area contributed by atoms with E-state index in [4.69, 9.17) is 0 Å². The number of benzene rings is 2. The molecule has 2 rings (SSSR count). The van der Waals surface area contributed by atoms with Gasteiger partial charge in [-0.25, -0.2) is 5.43 Å². The molecule has 0 aliphatic rings. The minimum atomic E-state index is -0.817. The van der Waals surface area contributed by atoms with Gasteiger partial charge in [0.15, 0.2) is 0 Å². The molecule has 2 amide bonds. The van der Waals surface area contributed by atoms with Crippen LogP contribution in [0.25, 0.3) is 6.08 Å². The van der Waals surface area contributed by atoms with Gasteiger partial charge in [-0.15, -0.1) is 0 Å². The zero-order valence-corrected chi connectivity index (χ0v) is 13.6. The SMILES string of the molecule is CC(/C=C/c1ccccc1)=N\NC(=O)C(=O)Nc1ccc(C)cc1. The van der Waals surface area contributed by atoms with Crippen LogP contribution in [0.4, 0.5) is 5.69 Å². The van der Waals surface area contributed by atoms with Crippen molar-refractivity contribution in [3.8, 4) is 0 Å². The standard InChI is InChI=1S/C19H19N3O2/c1-14-8-12-17(13-9-14)20-18(23)19(24)22-21-15(2)10-11-16-6-4-3-5-7-16/h3-13H,1-2H3,(H,20,23)(H,22,24)/b11-10+,21-15+. The van der Waals surface area contributed by atoms with Crippen molar-refractivity contribution in [1.29, 1.82) is 0 Å². The van der Waals surface area contributed by atoms with Gasteiger partial charge in [0.2, 0.25) is 0 Å². The van der Waals surface area contributed by atoms with Gasteiger partial charge in [0, 0.05) is 5.69 Å². The summed E-state index contributed by atoms with van der Waals surface area (Å²) >= 11 is 0. The number of nitrogens with zero attached hydrogens (tertiary/aromatic N) is 1. The normalized spacial score (nSPS) is 11.3. The van der Waals surface area contributed by atoms with E-state index < -0.39 is 11.8 Å². The van der Waals surface area contributed by atoms with Crippen LogP contribution in [0, 0.1) is 6.92 Å². The summed E-state index contributed by atoms with van der Waals surface area (Å²) in [7, 11) is 0. The summed E-state index contributed by atoms with van der Waals surface area (Å²) in [5, 5.41) is 6.40. The van der Waals surface area contributed by atoms with Gasteiger partial charge in [0.05, 0.1) is 5.71 Å². The third-order valence-corrected chi connectivity index (χ3v) is 3.17. The number of hydrazone groups is 1. The molecule has 0 aliphatic carbocycles. The molecule has 2 N–H and O–H groups in total. The molecule has 0 atom stereocenters. The number of carbonyl (C=O) groups is 2. The van der Waals surface area contributed by atoms with Crippen LogP contribution in [0.3, 0.4) is 0 Å². The molecular formula is C19H19N3O2. The smallest absolute Gasteiger partial charge is 0.318 e. The first-order valence-electron chi connectivity index (χ1n) is 7.50. The second kappa shape index (κ2) is 8.43. The highest BCUT2D eigenvalue weighted by Gasteiger charge is 2.12. The number of hydrogen-bond donors (Lipinski definition) is 2. The molecule has 0 bridgehead atoms. The highest BCUT2D eigenvalue weighted by Crippen LogP contribution is 2.08. The minimum absolute atomic E-state index is 0.561. The molecule has 2 aromatic rings. The Morgan fingerprint density at radius 3 is 2.29 bits per heavy atom. The number of carbonyl (C=O) groups excluding carboxylic acids is 2. The average Bonchev–Trinajstić information content (AvgIpc) is 2.60. The second-order valence-corrected chi connectivity index (χ2v) is 5.26. The molecule has 0 aromatic heterocycles.